The first kappa shape index (κ1) is 26.1. The molecule has 0 spiro atoms. The molecule has 2 N–H and O–H groups in total. The molecular weight excluding hydrogens is 470 g/mol. The molecule has 1 aromatic heterocycles. The van der Waals surface area contributed by atoms with E-state index in [0.717, 1.165) is 22.9 Å². The summed E-state index contributed by atoms with van der Waals surface area (Å²) in [5.74, 6) is -2.73. The lowest BCUT2D eigenvalue weighted by Crippen LogP contribution is -2.40. The number of carbonyl (C=O) groups is 2. The Hall–Kier alpha value is -2.16. The number of hydrogen-bond donors (Lipinski definition) is 2. The molecule has 1 aliphatic carbocycles. The van der Waals surface area contributed by atoms with Gasteiger partial charge >= 0.3 is 24.3 Å². The van der Waals surface area contributed by atoms with Gasteiger partial charge in [-0.2, -0.15) is 26.3 Å². The van der Waals surface area contributed by atoms with Crippen LogP contribution in [0.2, 0.25) is 0 Å². The maximum absolute atomic E-state index is 10.6. The second-order valence-electron chi connectivity index (χ2n) is 7.74. The zero-order valence-electron chi connectivity index (χ0n) is 16.6. The van der Waals surface area contributed by atoms with E-state index in [1.807, 2.05) is 5.51 Å². The number of carboxylic acid groups (broad SMARTS) is 2. The first-order valence-corrected chi connectivity index (χ1v) is 10.5. The second kappa shape index (κ2) is 10.6. The monoisotopic (exact) mass is 492 g/mol. The van der Waals surface area contributed by atoms with E-state index in [-0.39, 0.29) is 0 Å². The zero-order chi connectivity index (χ0) is 24.1. The van der Waals surface area contributed by atoms with Crippen LogP contribution in [0.5, 0.6) is 0 Å². The zero-order valence-corrected chi connectivity index (χ0v) is 17.5. The van der Waals surface area contributed by atoms with Crippen molar-refractivity contribution in [2.75, 3.05) is 37.6 Å². The Balaban J connectivity index is 0.000000218. The molecule has 0 amide bonds. The highest BCUT2D eigenvalue weighted by Gasteiger charge is 2.40. The van der Waals surface area contributed by atoms with Crippen LogP contribution in [0.4, 0.5) is 31.5 Å². The minimum atomic E-state index is -5.08. The lowest BCUT2D eigenvalue weighted by molar-refractivity contribution is -0.193. The van der Waals surface area contributed by atoms with Gasteiger partial charge in [0.15, 0.2) is 0 Å². The summed E-state index contributed by atoms with van der Waals surface area (Å²) in [6.07, 6.45) is -5.84. The van der Waals surface area contributed by atoms with Crippen LogP contribution in [0.1, 0.15) is 19.3 Å². The molecule has 0 radical (unpaired) electrons. The maximum Gasteiger partial charge on any atom is 0.490 e. The van der Waals surface area contributed by atoms with E-state index in [2.05, 4.69) is 20.0 Å². The van der Waals surface area contributed by atoms with Crippen LogP contribution in [0, 0.1) is 17.8 Å². The molecule has 32 heavy (non-hydrogen) atoms. The van der Waals surface area contributed by atoms with Gasteiger partial charge in [-0.15, -0.1) is 10.2 Å². The number of anilines is 1. The molecule has 0 aromatic carbocycles. The highest BCUT2D eigenvalue weighted by Crippen LogP contribution is 2.36. The average Bonchev–Trinajstić information content (AvgIpc) is 3.17. The summed E-state index contributed by atoms with van der Waals surface area (Å²) in [5, 5.41) is 23.6. The highest BCUT2D eigenvalue weighted by atomic mass is 32.1. The summed E-state index contributed by atoms with van der Waals surface area (Å²) >= 11 is 1.68. The van der Waals surface area contributed by atoms with Crippen molar-refractivity contribution in [3.05, 3.63) is 5.51 Å². The van der Waals surface area contributed by atoms with Gasteiger partial charge in [0.1, 0.15) is 5.51 Å². The summed E-state index contributed by atoms with van der Waals surface area (Å²) in [6.45, 7) is 6.40. The number of fused-ring (bicyclic) bond motifs is 1. The van der Waals surface area contributed by atoms with Crippen LogP contribution < -0.4 is 4.90 Å². The van der Waals surface area contributed by atoms with Crippen molar-refractivity contribution in [1.29, 1.82) is 0 Å². The fourth-order valence-electron chi connectivity index (χ4n) is 3.54. The second-order valence-corrected chi connectivity index (χ2v) is 8.56. The van der Waals surface area contributed by atoms with Gasteiger partial charge in [0.25, 0.3) is 0 Å². The van der Waals surface area contributed by atoms with Crippen LogP contribution in [0.25, 0.3) is 0 Å². The van der Waals surface area contributed by atoms with Crippen molar-refractivity contribution in [3.8, 4) is 0 Å². The maximum atomic E-state index is 10.6. The number of hydrogen-bond acceptors (Lipinski definition) is 7. The fourth-order valence-corrected chi connectivity index (χ4v) is 4.12. The topological polar surface area (TPSA) is 107 Å². The molecule has 3 heterocycles. The number of piperidine rings is 1. The van der Waals surface area contributed by atoms with Gasteiger partial charge < -0.3 is 20.0 Å². The Morgan fingerprint density at radius 3 is 1.94 bits per heavy atom. The van der Waals surface area contributed by atoms with E-state index in [4.69, 9.17) is 19.8 Å². The minimum absolute atomic E-state index is 0.862. The number of aromatic nitrogens is 2. The van der Waals surface area contributed by atoms with Crippen LogP contribution in [-0.2, 0) is 9.59 Å². The molecule has 1 saturated carbocycles. The summed E-state index contributed by atoms with van der Waals surface area (Å²) in [5.41, 5.74) is 1.84. The smallest absolute Gasteiger partial charge is 0.475 e. The predicted octanol–water partition coefficient (Wildman–Crippen LogP) is 2.97. The molecule has 4 rings (SSSR count). The SMILES string of the molecule is O=C(O)C(F)(F)F.O=C(O)C(F)(F)F.c1nnc(N2C[C@H]3CCN(CC4CC4)C[C@H]3C2)s1. The quantitative estimate of drug-likeness (QED) is 0.621. The third-order valence-electron chi connectivity index (χ3n) is 5.20. The lowest BCUT2D eigenvalue weighted by Gasteiger charge is -2.34. The van der Waals surface area contributed by atoms with Gasteiger partial charge in [-0.1, -0.05) is 11.3 Å². The van der Waals surface area contributed by atoms with Crippen molar-refractivity contribution >= 4 is 28.4 Å². The van der Waals surface area contributed by atoms with Gasteiger partial charge in [-0.3, -0.25) is 0 Å². The molecule has 0 unspecified atom stereocenters. The average molecular weight is 492 g/mol. The molecular formula is C17H22F6N4O4S. The highest BCUT2D eigenvalue weighted by molar-refractivity contribution is 7.13. The third-order valence-corrected chi connectivity index (χ3v) is 5.95. The lowest BCUT2D eigenvalue weighted by atomic mass is 9.88. The molecule has 182 valence electrons. The molecule has 3 aliphatic rings. The van der Waals surface area contributed by atoms with E-state index < -0.39 is 24.3 Å². The molecule has 2 atom stereocenters. The van der Waals surface area contributed by atoms with Crippen LogP contribution >= 0.6 is 11.3 Å². The Morgan fingerprint density at radius 2 is 1.50 bits per heavy atom. The van der Waals surface area contributed by atoms with Crippen molar-refractivity contribution in [1.82, 2.24) is 15.1 Å². The van der Waals surface area contributed by atoms with Gasteiger partial charge in [-0.05, 0) is 43.6 Å². The Labute approximate surface area is 182 Å². The van der Waals surface area contributed by atoms with E-state index in [1.54, 1.807) is 11.3 Å². The van der Waals surface area contributed by atoms with Crippen molar-refractivity contribution < 1.29 is 46.1 Å². The van der Waals surface area contributed by atoms with E-state index in [1.165, 1.54) is 52.0 Å². The first-order chi connectivity index (χ1) is 14.8. The number of halogens is 6. The molecule has 8 nitrogen and oxygen atoms in total. The molecule has 3 fully saturated rings. The molecule has 15 heteroatoms. The van der Waals surface area contributed by atoms with Crippen LogP contribution in [-0.4, -0.2) is 82.3 Å². The van der Waals surface area contributed by atoms with Crippen LogP contribution in [0.3, 0.4) is 0 Å². The summed E-state index contributed by atoms with van der Waals surface area (Å²) in [6, 6.07) is 0. The van der Waals surface area contributed by atoms with Crippen LogP contribution in [0.15, 0.2) is 5.51 Å². The first-order valence-electron chi connectivity index (χ1n) is 9.61. The fraction of sp³-hybridized carbons (Fsp3) is 0.765. The normalized spacial score (nSPS) is 23.4. The molecule has 2 saturated heterocycles. The largest absolute Gasteiger partial charge is 0.490 e. The minimum Gasteiger partial charge on any atom is -0.475 e. The number of carboxylic acids is 2. The van der Waals surface area contributed by atoms with E-state index in [9.17, 15) is 26.3 Å². The Bertz CT molecular complexity index is 733. The molecule has 1 aromatic rings. The predicted molar refractivity (Wildman–Crippen MR) is 100 cm³/mol. The summed E-state index contributed by atoms with van der Waals surface area (Å²) < 4.78 is 63.5. The van der Waals surface area contributed by atoms with Crippen molar-refractivity contribution in [3.63, 3.8) is 0 Å². The molecule has 2 aliphatic heterocycles. The number of nitrogens with zero attached hydrogens (tertiary/aromatic N) is 4. The summed E-state index contributed by atoms with van der Waals surface area (Å²) in [4.78, 5) is 23.0. The third kappa shape index (κ3) is 8.41. The van der Waals surface area contributed by atoms with Crippen molar-refractivity contribution in [2.45, 2.75) is 31.6 Å². The number of likely N-dealkylation sites (tertiary alicyclic amines) is 1. The van der Waals surface area contributed by atoms with E-state index >= 15 is 0 Å². The van der Waals surface area contributed by atoms with Gasteiger partial charge in [0.05, 0.1) is 0 Å². The van der Waals surface area contributed by atoms with Crippen molar-refractivity contribution in [2.24, 2.45) is 17.8 Å². The van der Waals surface area contributed by atoms with Gasteiger partial charge in [-0.25, -0.2) is 9.59 Å². The number of rotatable bonds is 3. The summed E-state index contributed by atoms with van der Waals surface area (Å²) in [7, 11) is 0. The molecule has 0 bridgehead atoms. The number of aliphatic carboxylic acids is 2. The van der Waals surface area contributed by atoms with E-state index in [0.29, 0.717) is 0 Å². The van der Waals surface area contributed by atoms with Gasteiger partial charge in [0.2, 0.25) is 5.13 Å². The Kier molecular flexibility index (Phi) is 8.67. The number of alkyl halides is 6. The Morgan fingerprint density at radius 1 is 0.969 bits per heavy atom. The van der Waals surface area contributed by atoms with Gasteiger partial charge in [0, 0.05) is 26.2 Å². The standard InChI is InChI=1S/C13H20N4S.2C2HF3O2/c1-2-10(1)5-16-4-3-11-7-17(8-12(11)6-16)13-15-14-9-18-13;2*3-2(4,5)1(6)7/h9-12H,1-8H2;2*(H,6,7)/t11-,12+;;/m1../s1.